The minimum Gasteiger partial charge on any atom is -0.480 e. The van der Waals surface area contributed by atoms with E-state index in [9.17, 15) is 14.7 Å². The number of carboxylic acids is 1. The molecule has 0 unspecified atom stereocenters. The molecule has 26 heavy (non-hydrogen) atoms. The molecule has 2 heterocycles. The number of carbonyl (C=O) groups excluding carboxylic acids is 1. The van der Waals surface area contributed by atoms with Gasteiger partial charge in [0.15, 0.2) is 5.69 Å². The summed E-state index contributed by atoms with van der Waals surface area (Å²) in [6.07, 6.45) is 7.02. The van der Waals surface area contributed by atoms with Crippen LogP contribution in [0.5, 0.6) is 0 Å². The van der Waals surface area contributed by atoms with Gasteiger partial charge in [-0.05, 0) is 64.9 Å². The molecular formula is C20H29N3O3. The summed E-state index contributed by atoms with van der Waals surface area (Å²) in [6, 6.07) is 1.27. The van der Waals surface area contributed by atoms with Crippen LogP contribution in [0.3, 0.4) is 0 Å². The molecule has 1 aliphatic heterocycles. The number of aliphatic carboxylic acids is 1. The number of carboxylic acid groups (broad SMARTS) is 1. The highest BCUT2D eigenvalue weighted by atomic mass is 16.4. The van der Waals surface area contributed by atoms with Crippen LogP contribution in [-0.2, 0) is 10.3 Å². The molecule has 1 saturated heterocycles. The van der Waals surface area contributed by atoms with Crippen LogP contribution in [0.4, 0.5) is 0 Å². The van der Waals surface area contributed by atoms with Crippen LogP contribution in [0.25, 0.3) is 0 Å². The third kappa shape index (κ3) is 2.93. The van der Waals surface area contributed by atoms with Crippen LogP contribution in [0.2, 0.25) is 0 Å². The molecule has 0 bridgehead atoms. The molecule has 142 valence electrons. The van der Waals surface area contributed by atoms with E-state index >= 15 is 0 Å². The van der Waals surface area contributed by atoms with Gasteiger partial charge in [-0.3, -0.25) is 9.48 Å². The summed E-state index contributed by atoms with van der Waals surface area (Å²) in [6.45, 7) is 6.27. The minimum absolute atomic E-state index is 0.0570. The van der Waals surface area contributed by atoms with Gasteiger partial charge in [0, 0.05) is 17.7 Å². The van der Waals surface area contributed by atoms with Crippen LogP contribution in [0.1, 0.15) is 87.8 Å². The Morgan fingerprint density at radius 3 is 2.46 bits per heavy atom. The van der Waals surface area contributed by atoms with Gasteiger partial charge in [-0.1, -0.05) is 12.8 Å². The van der Waals surface area contributed by atoms with Gasteiger partial charge < -0.3 is 10.0 Å². The molecule has 3 atom stereocenters. The summed E-state index contributed by atoms with van der Waals surface area (Å²) in [7, 11) is 0. The quantitative estimate of drug-likeness (QED) is 0.898. The average Bonchev–Trinajstić information content (AvgIpc) is 3.19. The van der Waals surface area contributed by atoms with Gasteiger partial charge in [-0.25, -0.2) is 4.79 Å². The summed E-state index contributed by atoms with van der Waals surface area (Å²) in [5, 5.41) is 14.3. The van der Waals surface area contributed by atoms with E-state index in [0.717, 1.165) is 44.2 Å². The van der Waals surface area contributed by atoms with Crippen molar-refractivity contribution in [1.29, 1.82) is 0 Å². The largest absolute Gasteiger partial charge is 0.480 e. The van der Waals surface area contributed by atoms with E-state index in [-0.39, 0.29) is 17.5 Å². The Balaban J connectivity index is 1.68. The van der Waals surface area contributed by atoms with Crippen molar-refractivity contribution in [3.8, 4) is 0 Å². The van der Waals surface area contributed by atoms with Crippen LogP contribution < -0.4 is 0 Å². The zero-order chi connectivity index (χ0) is 18.6. The zero-order valence-corrected chi connectivity index (χ0v) is 15.9. The monoisotopic (exact) mass is 359 g/mol. The fraction of sp³-hybridized carbons (Fsp3) is 0.750. The van der Waals surface area contributed by atoms with Crippen molar-refractivity contribution in [2.75, 3.05) is 0 Å². The second-order valence-corrected chi connectivity index (χ2v) is 9.23. The number of carbonyl (C=O) groups is 2. The summed E-state index contributed by atoms with van der Waals surface area (Å²) in [5.74, 6) is -0.275. The molecule has 1 aromatic heterocycles. The molecule has 0 spiro atoms. The lowest BCUT2D eigenvalue weighted by Gasteiger charge is -2.32. The molecular weight excluding hydrogens is 330 g/mol. The lowest BCUT2D eigenvalue weighted by Crippen LogP contribution is -2.46. The van der Waals surface area contributed by atoms with Crippen LogP contribution >= 0.6 is 0 Å². The maximum atomic E-state index is 13.3. The molecule has 1 amide bonds. The lowest BCUT2D eigenvalue weighted by atomic mass is 9.84. The fourth-order valence-corrected chi connectivity index (χ4v) is 4.81. The van der Waals surface area contributed by atoms with Crippen molar-refractivity contribution in [1.82, 2.24) is 14.7 Å². The van der Waals surface area contributed by atoms with Gasteiger partial charge in [0.25, 0.3) is 5.91 Å². The number of nitrogens with zero attached hydrogens (tertiary/aromatic N) is 3. The maximum Gasteiger partial charge on any atom is 0.326 e. The second kappa shape index (κ2) is 6.10. The highest BCUT2D eigenvalue weighted by Gasteiger charge is 2.48. The Kier molecular flexibility index (Phi) is 4.12. The molecule has 0 radical (unpaired) electrons. The number of likely N-dealkylation sites (tertiary alicyclic amines) is 1. The Morgan fingerprint density at radius 1 is 1.15 bits per heavy atom. The number of amides is 1. The van der Waals surface area contributed by atoms with Crippen LogP contribution in [0, 0.1) is 5.92 Å². The molecule has 2 aliphatic carbocycles. The molecule has 1 aromatic rings. The number of hydrogen-bond acceptors (Lipinski definition) is 3. The van der Waals surface area contributed by atoms with Crippen molar-refractivity contribution in [3.05, 3.63) is 17.5 Å². The minimum atomic E-state index is -0.884. The van der Waals surface area contributed by atoms with Crippen molar-refractivity contribution in [2.45, 2.75) is 89.3 Å². The van der Waals surface area contributed by atoms with E-state index in [1.165, 1.54) is 0 Å². The van der Waals surface area contributed by atoms with E-state index in [0.29, 0.717) is 24.0 Å². The summed E-state index contributed by atoms with van der Waals surface area (Å²) in [5.41, 5.74) is 1.34. The molecule has 6 nitrogen and oxygen atoms in total. The van der Waals surface area contributed by atoms with Gasteiger partial charge >= 0.3 is 5.97 Å². The first-order chi connectivity index (χ1) is 12.3. The molecule has 4 rings (SSSR count). The number of rotatable bonds is 3. The smallest absolute Gasteiger partial charge is 0.326 e. The number of aromatic nitrogens is 2. The van der Waals surface area contributed by atoms with E-state index in [2.05, 4.69) is 25.9 Å². The van der Waals surface area contributed by atoms with Crippen molar-refractivity contribution >= 4 is 11.9 Å². The number of fused-ring (bicyclic) bond motifs is 1. The molecule has 0 aromatic carbocycles. The van der Waals surface area contributed by atoms with Crippen molar-refractivity contribution in [2.24, 2.45) is 5.92 Å². The van der Waals surface area contributed by atoms with Crippen molar-refractivity contribution in [3.63, 3.8) is 0 Å². The van der Waals surface area contributed by atoms with E-state index in [4.69, 9.17) is 0 Å². The summed E-state index contributed by atoms with van der Waals surface area (Å²) in [4.78, 5) is 26.8. The molecule has 2 saturated carbocycles. The molecule has 1 N–H and O–H groups in total. The van der Waals surface area contributed by atoms with Gasteiger partial charge in [-0.15, -0.1) is 0 Å². The maximum absolute atomic E-state index is 13.3. The standard InChI is InChI=1S/C20H29N3O3/c1-20(2,3)23-16(12-8-9-12)11-14(21-23)18(24)22-15-7-5-4-6-13(15)10-17(22)19(25)26/h11-13,15,17H,4-10H2,1-3H3,(H,25,26)/t13-,15-,17-/m0/s1. The first kappa shape index (κ1) is 17.6. The van der Waals surface area contributed by atoms with E-state index in [1.54, 1.807) is 4.90 Å². The molecule has 3 fully saturated rings. The third-order valence-electron chi connectivity index (χ3n) is 6.19. The van der Waals surface area contributed by atoms with E-state index < -0.39 is 12.0 Å². The van der Waals surface area contributed by atoms with Crippen molar-refractivity contribution < 1.29 is 14.7 Å². The van der Waals surface area contributed by atoms with Gasteiger partial charge in [0.1, 0.15) is 6.04 Å². The summed E-state index contributed by atoms with van der Waals surface area (Å²) >= 11 is 0. The zero-order valence-electron chi connectivity index (χ0n) is 15.9. The van der Waals surface area contributed by atoms with Gasteiger partial charge in [0.05, 0.1) is 5.54 Å². The predicted octanol–water partition coefficient (Wildman–Crippen LogP) is 3.37. The Labute approximate surface area is 154 Å². The third-order valence-corrected chi connectivity index (χ3v) is 6.19. The average molecular weight is 359 g/mol. The van der Waals surface area contributed by atoms with Gasteiger partial charge in [0.2, 0.25) is 0 Å². The topological polar surface area (TPSA) is 75.4 Å². The SMILES string of the molecule is CC(C)(C)n1nc(C(=O)N2[C@H](C(=O)O)C[C@@H]3CCCC[C@@H]32)cc1C1CC1. The molecule has 6 heteroatoms. The Morgan fingerprint density at radius 2 is 1.85 bits per heavy atom. The lowest BCUT2D eigenvalue weighted by molar-refractivity contribution is -0.141. The highest BCUT2D eigenvalue weighted by Crippen LogP contribution is 2.43. The van der Waals surface area contributed by atoms with E-state index in [1.807, 2.05) is 10.7 Å². The molecule has 3 aliphatic rings. The second-order valence-electron chi connectivity index (χ2n) is 9.23. The Hall–Kier alpha value is -1.85. The summed E-state index contributed by atoms with van der Waals surface area (Å²) < 4.78 is 1.97. The van der Waals surface area contributed by atoms with Gasteiger partial charge in [-0.2, -0.15) is 5.10 Å². The number of hydrogen-bond donors (Lipinski definition) is 1. The first-order valence-electron chi connectivity index (χ1n) is 9.93. The first-order valence-corrected chi connectivity index (χ1v) is 9.93. The fourth-order valence-electron chi connectivity index (χ4n) is 4.81. The Bertz CT molecular complexity index is 729. The normalized spacial score (nSPS) is 28.9. The predicted molar refractivity (Wildman–Crippen MR) is 97.2 cm³/mol. The van der Waals surface area contributed by atoms with Crippen LogP contribution in [-0.4, -0.2) is 43.7 Å². The van der Waals surface area contributed by atoms with Crippen LogP contribution in [0.15, 0.2) is 6.07 Å². The highest BCUT2D eigenvalue weighted by molar-refractivity contribution is 5.96.